The van der Waals surface area contributed by atoms with E-state index in [4.69, 9.17) is 15.2 Å². The maximum atomic E-state index is 11.0. The molecule has 1 amide bonds. The Balaban J connectivity index is 1.93. The van der Waals surface area contributed by atoms with Gasteiger partial charge in [-0.15, -0.1) is 0 Å². The van der Waals surface area contributed by atoms with Gasteiger partial charge in [0, 0.05) is 12.8 Å². The molecule has 0 aromatic heterocycles. The van der Waals surface area contributed by atoms with Crippen molar-refractivity contribution < 1.29 is 14.3 Å². The number of hydrogen-bond donors (Lipinski definition) is 1. The molecule has 2 atom stereocenters. The number of carbonyl (C=O) groups is 1. The summed E-state index contributed by atoms with van der Waals surface area (Å²) < 4.78 is 11.2. The van der Waals surface area contributed by atoms with E-state index in [1.807, 2.05) is 6.92 Å². The van der Waals surface area contributed by atoms with Gasteiger partial charge in [0.2, 0.25) is 5.91 Å². The standard InChI is InChI=1S/C12H21NO3/c1-11(2)8(6-10(13)14)9(11)7-12(3)15-4-5-16-12/h8-9H,4-7H2,1-3H3,(H2,13,14)/t8-,9-/m1/s1. The van der Waals surface area contributed by atoms with Crippen LogP contribution in [0.25, 0.3) is 0 Å². The van der Waals surface area contributed by atoms with Gasteiger partial charge in [0.1, 0.15) is 0 Å². The molecule has 4 nitrogen and oxygen atoms in total. The Bertz CT molecular complexity index is 295. The van der Waals surface area contributed by atoms with Crippen LogP contribution in [-0.2, 0) is 14.3 Å². The third-order valence-electron chi connectivity index (χ3n) is 4.20. The molecule has 2 aliphatic rings. The molecular formula is C12H21NO3. The Labute approximate surface area is 96.5 Å². The number of ether oxygens (including phenoxy) is 2. The molecule has 0 aromatic carbocycles. The van der Waals surface area contributed by atoms with Gasteiger partial charge in [-0.05, 0) is 24.2 Å². The highest BCUT2D eigenvalue weighted by atomic mass is 16.7. The van der Waals surface area contributed by atoms with Crippen LogP contribution in [0, 0.1) is 17.3 Å². The molecule has 1 heterocycles. The van der Waals surface area contributed by atoms with Crippen LogP contribution >= 0.6 is 0 Å². The molecule has 2 fully saturated rings. The molecule has 2 N–H and O–H groups in total. The van der Waals surface area contributed by atoms with Gasteiger partial charge in [-0.1, -0.05) is 13.8 Å². The van der Waals surface area contributed by atoms with Gasteiger partial charge in [-0.3, -0.25) is 4.79 Å². The molecule has 1 aliphatic carbocycles. The van der Waals surface area contributed by atoms with Crippen LogP contribution in [0.4, 0.5) is 0 Å². The van der Waals surface area contributed by atoms with Gasteiger partial charge in [-0.2, -0.15) is 0 Å². The van der Waals surface area contributed by atoms with E-state index >= 15 is 0 Å². The summed E-state index contributed by atoms with van der Waals surface area (Å²) in [4.78, 5) is 11.0. The molecular weight excluding hydrogens is 206 g/mol. The second-order valence-corrected chi connectivity index (χ2v) is 5.74. The predicted octanol–water partition coefficient (Wildman–Crippen LogP) is 1.29. The summed E-state index contributed by atoms with van der Waals surface area (Å²) in [6, 6.07) is 0. The van der Waals surface area contributed by atoms with Gasteiger partial charge < -0.3 is 15.2 Å². The lowest BCUT2D eigenvalue weighted by Crippen LogP contribution is -2.27. The molecule has 16 heavy (non-hydrogen) atoms. The van der Waals surface area contributed by atoms with E-state index in [1.165, 1.54) is 0 Å². The molecule has 1 aliphatic heterocycles. The highest BCUT2D eigenvalue weighted by Gasteiger charge is 2.59. The zero-order valence-corrected chi connectivity index (χ0v) is 10.3. The Hall–Kier alpha value is -0.610. The van der Waals surface area contributed by atoms with Crippen LogP contribution in [0.15, 0.2) is 0 Å². The summed E-state index contributed by atoms with van der Waals surface area (Å²) in [5.74, 6) is 0.200. The van der Waals surface area contributed by atoms with E-state index in [-0.39, 0.29) is 11.3 Å². The van der Waals surface area contributed by atoms with Gasteiger partial charge in [-0.25, -0.2) is 0 Å². The highest BCUT2D eigenvalue weighted by molar-refractivity contribution is 5.74. The number of carbonyl (C=O) groups excluding carboxylic acids is 1. The normalized spacial score (nSPS) is 34.9. The quantitative estimate of drug-likeness (QED) is 0.787. The summed E-state index contributed by atoms with van der Waals surface area (Å²) >= 11 is 0. The van der Waals surface area contributed by atoms with Crippen LogP contribution < -0.4 is 5.73 Å². The first kappa shape index (κ1) is 11.9. The van der Waals surface area contributed by atoms with Crippen LogP contribution in [0.3, 0.4) is 0 Å². The minimum absolute atomic E-state index is 0.188. The summed E-state index contributed by atoms with van der Waals surface area (Å²) in [6.45, 7) is 7.69. The van der Waals surface area contributed by atoms with E-state index in [9.17, 15) is 4.79 Å². The number of amides is 1. The SMILES string of the molecule is CC1(C[C@@H]2[C@@H](CC(N)=O)C2(C)C)OCCO1. The van der Waals surface area contributed by atoms with Crippen molar-refractivity contribution in [2.45, 2.75) is 39.4 Å². The fraction of sp³-hybridized carbons (Fsp3) is 0.917. The zero-order chi connectivity index (χ0) is 12.0. The van der Waals surface area contributed by atoms with Crippen LogP contribution in [0.2, 0.25) is 0 Å². The summed E-state index contributed by atoms with van der Waals surface area (Å²) in [5, 5.41) is 0. The Morgan fingerprint density at radius 3 is 2.31 bits per heavy atom. The van der Waals surface area contributed by atoms with Gasteiger partial charge >= 0.3 is 0 Å². The molecule has 0 bridgehead atoms. The van der Waals surface area contributed by atoms with Crippen molar-refractivity contribution in [1.82, 2.24) is 0 Å². The van der Waals surface area contributed by atoms with Crippen molar-refractivity contribution in [3.8, 4) is 0 Å². The fourth-order valence-corrected chi connectivity index (χ4v) is 2.96. The van der Waals surface area contributed by atoms with E-state index < -0.39 is 5.79 Å². The molecule has 0 unspecified atom stereocenters. The average Bonchev–Trinajstić information content (AvgIpc) is 2.56. The molecule has 92 valence electrons. The number of primary amides is 1. The molecule has 2 rings (SSSR count). The van der Waals surface area contributed by atoms with Crippen molar-refractivity contribution in [3.63, 3.8) is 0 Å². The maximum absolute atomic E-state index is 11.0. The first-order valence-electron chi connectivity index (χ1n) is 5.91. The molecule has 1 saturated carbocycles. The molecule has 0 radical (unpaired) electrons. The second kappa shape index (κ2) is 3.70. The van der Waals surface area contributed by atoms with Crippen LogP contribution in [0.5, 0.6) is 0 Å². The first-order chi connectivity index (χ1) is 7.35. The maximum Gasteiger partial charge on any atom is 0.217 e. The van der Waals surface area contributed by atoms with Crippen molar-refractivity contribution in [1.29, 1.82) is 0 Å². The van der Waals surface area contributed by atoms with E-state index in [1.54, 1.807) is 0 Å². The summed E-state index contributed by atoms with van der Waals surface area (Å²) in [6.07, 6.45) is 1.34. The lowest BCUT2D eigenvalue weighted by molar-refractivity contribution is -0.151. The smallest absolute Gasteiger partial charge is 0.217 e. The van der Waals surface area contributed by atoms with E-state index in [2.05, 4.69) is 13.8 Å². The lowest BCUT2D eigenvalue weighted by Gasteiger charge is -2.22. The summed E-state index contributed by atoms with van der Waals surface area (Å²) in [5.41, 5.74) is 5.44. The van der Waals surface area contributed by atoms with E-state index in [0.717, 1.165) is 6.42 Å². The molecule has 4 heteroatoms. The zero-order valence-electron chi connectivity index (χ0n) is 10.3. The molecule has 1 saturated heterocycles. The lowest BCUT2D eigenvalue weighted by atomic mass is 10.0. The largest absolute Gasteiger partial charge is 0.370 e. The van der Waals surface area contributed by atoms with Crippen molar-refractivity contribution in [2.24, 2.45) is 23.0 Å². The van der Waals surface area contributed by atoms with Crippen molar-refractivity contribution in [3.05, 3.63) is 0 Å². The Kier molecular flexibility index (Phi) is 2.75. The van der Waals surface area contributed by atoms with Crippen molar-refractivity contribution in [2.75, 3.05) is 13.2 Å². The highest BCUT2D eigenvalue weighted by Crippen LogP contribution is 2.63. The first-order valence-corrected chi connectivity index (χ1v) is 5.91. The predicted molar refractivity (Wildman–Crippen MR) is 59.5 cm³/mol. The van der Waals surface area contributed by atoms with Crippen LogP contribution in [0.1, 0.15) is 33.6 Å². The number of hydrogen-bond acceptors (Lipinski definition) is 3. The number of rotatable bonds is 4. The van der Waals surface area contributed by atoms with Gasteiger partial charge in [0.05, 0.1) is 13.2 Å². The molecule has 0 aromatic rings. The Morgan fingerprint density at radius 2 is 1.81 bits per heavy atom. The second-order valence-electron chi connectivity index (χ2n) is 5.74. The van der Waals surface area contributed by atoms with Gasteiger partial charge in [0.15, 0.2) is 5.79 Å². The van der Waals surface area contributed by atoms with Crippen molar-refractivity contribution >= 4 is 5.91 Å². The third-order valence-corrected chi connectivity index (χ3v) is 4.20. The Morgan fingerprint density at radius 1 is 1.25 bits per heavy atom. The molecule has 0 spiro atoms. The van der Waals surface area contributed by atoms with Gasteiger partial charge in [0.25, 0.3) is 0 Å². The minimum Gasteiger partial charge on any atom is -0.370 e. The third kappa shape index (κ3) is 2.09. The average molecular weight is 227 g/mol. The fourth-order valence-electron chi connectivity index (χ4n) is 2.96. The monoisotopic (exact) mass is 227 g/mol. The topological polar surface area (TPSA) is 61.6 Å². The van der Waals surface area contributed by atoms with E-state index in [0.29, 0.717) is 31.5 Å². The number of nitrogens with two attached hydrogens (primary N) is 1. The van der Waals surface area contributed by atoms with Crippen LogP contribution in [-0.4, -0.2) is 24.9 Å². The minimum atomic E-state index is -0.450. The summed E-state index contributed by atoms with van der Waals surface area (Å²) in [7, 11) is 0.